The Labute approximate surface area is 124 Å². The third-order valence-corrected chi connectivity index (χ3v) is 3.65. The van der Waals surface area contributed by atoms with Crippen LogP contribution in [0.1, 0.15) is 72.1 Å². The molecule has 0 fully saturated rings. The number of carboxylic acid groups (broad SMARTS) is 1. The smallest absolute Gasteiger partial charge is 0.323 e. The molecule has 1 atom stereocenters. The van der Waals surface area contributed by atoms with Crippen molar-refractivity contribution in [3.8, 4) is 0 Å². The highest BCUT2D eigenvalue weighted by Gasteiger charge is 2.30. The summed E-state index contributed by atoms with van der Waals surface area (Å²) < 4.78 is 5.58. The van der Waals surface area contributed by atoms with Crippen LogP contribution in [0.3, 0.4) is 0 Å². The molecular weight excluding hydrogens is 254 g/mol. The molecule has 0 aliphatic rings. The van der Waals surface area contributed by atoms with E-state index in [9.17, 15) is 9.90 Å². The largest absolute Gasteiger partial charge is 0.480 e. The number of carbonyl (C=O) groups is 1. The van der Waals surface area contributed by atoms with Gasteiger partial charge in [-0.25, -0.2) is 0 Å². The number of hydrogen-bond donors (Lipinski definition) is 2. The standard InChI is InChI=1S/C16H33NO3/c1-4-6-7-8-10-13-20-14-11-9-12-16(3,15(18)19)17-5-2/h17H,4-14H2,1-3H3,(H,18,19). The lowest BCUT2D eigenvalue weighted by Gasteiger charge is -2.25. The SMILES string of the molecule is CCCCCCCOCCCCC(C)(NCC)C(=O)O. The normalized spacial score (nSPS) is 14.2. The summed E-state index contributed by atoms with van der Waals surface area (Å²) in [6.45, 7) is 8.17. The predicted molar refractivity (Wildman–Crippen MR) is 83.1 cm³/mol. The highest BCUT2D eigenvalue weighted by Crippen LogP contribution is 2.14. The minimum Gasteiger partial charge on any atom is -0.480 e. The van der Waals surface area contributed by atoms with E-state index in [4.69, 9.17) is 4.74 Å². The van der Waals surface area contributed by atoms with Gasteiger partial charge in [-0.05, 0) is 39.2 Å². The lowest BCUT2D eigenvalue weighted by molar-refractivity contribution is -0.144. The molecule has 1 unspecified atom stereocenters. The third kappa shape index (κ3) is 9.32. The Balaban J connectivity index is 3.48. The van der Waals surface area contributed by atoms with Crippen LogP contribution in [-0.2, 0) is 9.53 Å². The van der Waals surface area contributed by atoms with Crippen molar-refractivity contribution in [3.05, 3.63) is 0 Å². The topological polar surface area (TPSA) is 58.6 Å². The van der Waals surface area contributed by atoms with Gasteiger partial charge in [-0.15, -0.1) is 0 Å². The highest BCUT2D eigenvalue weighted by atomic mass is 16.5. The van der Waals surface area contributed by atoms with Crippen molar-refractivity contribution in [2.24, 2.45) is 0 Å². The van der Waals surface area contributed by atoms with Crippen molar-refractivity contribution in [2.45, 2.75) is 77.7 Å². The van der Waals surface area contributed by atoms with Gasteiger partial charge in [0.05, 0.1) is 0 Å². The monoisotopic (exact) mass is 287 g/mol. The summed E-state index contributed by atoms with van der Waals surface area (Å²) >= 11 is 0. The van der Waals surface area contributed by atoms with E-state index >= 15 is 0 Å². The minimum absolute atomic E-state index is 0.649. The van der Waals surface area contributed by atoms with Crippen molar-refractivity contribution in [3.63, 3.8) is 0 Å². The van der Waals surface area contributed by atoms with Crippen molar-refractivity contribution in [2.75, 3.05) is 19.8 Å². The molecular formula is C16H33NO3. The summed E-state index contributed by atoms with van der Waals surface area (Å²) in [7, 11) is 0. The molecule has 20 heavy (non-hydrogen) atoms. The van der Waals surface area contributed by atoms with Crippen LogP contribution >= 0.6 is 0 Å². The number of likely N-dealkylation sites (N-methyl/N-ethyl adjacent to an activating group) is 1. The number of rotatable bonds is 14. The van der Waals surface area contributed by atoms with Crippen LogP contribution in [0.25, 0.3) is 0 Å². The molecule has 0 bridgehead atoms. The summed E-state index contributed by atoms with van der Waals surface area (Å²) in [5.41, 5.74) is -0.797. The van der Waals surface area contributed by atoms with Crippen LogP contribution in [0.4, 0.5) is 0 Å². The van der Waals surface area contributed by atoms with Crippen LogP contribution in [0.2, 0.25) is 0 Å². The molecule has 0 aromatic rings. The van der Waals surface area contributed by atoms with E-state index in [-0.39, 0.29) is 0 Å². The predicted octanol–water partition coefficient (Wildman–Crippen LogP) is 3.60. The maximum atomic E-state index is 11.2. The average Bonchev–Trinajstić information content (AvgIpc) is 2.41. The zero-order chi connectivity index (χ0) is 15.3. The molecule has 4 nitrogen and oxygen atoms in total. The van der Waals surface area contributed by atoms with Crippen molar-refractivity contribution in [1.82, 2.24) is 5.32 Å². The molecule has 0 aliphatic heterocycles. The van der Waals surface area contributed by atoms with Gasteiger partial charge in [0.1, 0.15) is 5.54 Å². The maximum absolute atomic E-state index is 11.2. The Hall–Kier alpha value is -0.610. The van der Waals surface area contributed by atoms with Gasteiger partial charge in [-0.3, -0.25) is 4.79 Å². The second kappa shape index (κ2) is 12.2. The Morgan fingerprint density at radius 3 is 2.20 bits per heavy atom. The fourth-order valence-electron chi connectivity index (χ4n) is 2.25. The quantitative estimate of drug-likeness (QED) is 0.479. The van der Waals surface area contributed by atoms with Gasteiger partial charge >= 0.3 is 5.97 Å². The third-order valence-electron chi connectivity index (χ3n) is 3.65. The Morgan fingerprint density at radius 1 is 1.05 bits per heavy atom. The maximum Gasteiger partial charge on any atom is 0.323 e. The van der Waals surface area contributed by atoms with Gasteiger partial charge < -0.3 is 15.2 Å². The molecule has 0 aromatic carbocycles. The molecule has 0 aliphatic carbocycles. The number of hydrogen-bond acceptors (Lipinski definition) is 3. The molecule has 0 saturated carbocycles. The van der Waals surface area contributed by atoms with Crippen LogP contribution < -0.4 is 5.32 Å². The number of unbranched alkanes of at least 4 members (excludes halogenated alkanes) is 5. The molecule has 2 N–H and O–H groups in total. The first-order valence-electron chi connectivity index (χ1n) is 8.13. The summed E-state index contributed by atoms with van der Waals surface area (Å²) in [5, 5.41) is 12.3. The van der Waals surface area contributed by atoms with E-state index in [2.05, 4.69) is 12.2 Å². The Bertz CT molecular complexity index is 246. The Kier molecular flexibility index (Phi) is 11.8. The van der Waals surface area contributed by atoms with Crippen LogP contribution in [0, 0.1) is 0 Å². The fraction of sp³-hybridized carbons (Fsp3) is 0.938. The van der Waals surface area contributed by atoms with Crippen molar-refractivity contribution in [1.29, 1.82) is 0 Å². The van der Waals surface area contributed by atoms with E-state index in [1.807, 2.05) is 6.92 Å². The first kappa shape index (κ1) is 19.4. The zero-order valence-corrected chi connectivity index (χ0v) is 13.5. The molecule has 0 aromatic heterocycles. The van der Waals surface area contributed by atoms with Gasteiger partial charge in [0, 0.05) is 13.2 Å². The lowest BCUT2D eigenvalue weighted by Crippen LogP contribution is -2.49. The van der Waals surface area contributed by atoms with E-state index in [0.29, 0.717) is 13.0 Å². The summed E-state index contributed by atoms with van der Waals surface area (Å²) in [6.07, 6.45) is 8.76. The molecule has 0 spiro atoms. The summed E-state index contributed by atoms with van der Waals surface area (Å²) in [4.78, 5) is 11.2. The first-order chi connectivity index (χ1) is 9.56. The van der Waals surface area contributed by atoms with Crippen LogP contribution in [0.5, 0.6) is 0 Å². The van der Waals surface area contributed by atoms with Crippen LogP contribution in [0.15, 0.2) is 0 Å². The number of ether oxygens (including phenoxy) is 1. The van der Waals surface area contributed by atoms with Gasteiger partial charge in [-0.1, -0.05) is 39.5 Å². The van der Waals surface area contributed by atoms with Gasteiger partial charge in [0.2, 0.25) is 0 Å². The Morgan fingerprint density at radius 2 is 1.65 bits per heavy atom. The first-order valence-corrected chi connectivity index (χ1v) is 8.13. The summed E-state index contributed by atoms with van der Waals surface area (Å²) in [5.74, 6) is -0.767. The number of carboxylic acids is 1. The molecule has 4 heteroatoms. The minimum atomic E-state index is -0.797. The van der Waals surface area contributed by atoms with Crippen LogP contribution in [-0.4, -0.2) is 36.4 Å². The summed E-state index contributed by atoms with van der Waals surface area (Å²) in [6, 6.07) is 0. The fourth-order valence-corrected chi connectivity index (χ4v) is 2.25. The van der Waals surface area contributed by atoms with E-state index < -0.39 is 11.5 Å². The van der Waals surface area contributed by atoms with E-state index in [1.54, 1.807) is 6.92 Å². The van der Waals surface area contributed by atoms with Gasteiger partial charge in [0.15, 0.2) is 0 Å². The number of nitrogens with one attached hydrogen (secondary N) is 1. The average molecular weight is 287 g/mol. The molecule has 0 radical (unpaired) electrons. The van der Waals surface area contributed by atoms with Crippen molar-refractivity contribution >= 4 is 5.97 Å². The molecule has 0 rings (SSSR count). The van der Waals surface area contributed by atoms with Crippen molar-refractivity contribution < 1.29 is 14.6 Å². The molecule has 0 amide bonds. The molecule has 120 valence electrons. The second-order valence-corrected chi connectivity index (χ2v) is 5.65. The van der Waals surface area contributed by atoms with Gasteiger partial charge in [0.25, 0.3) is 0 Å². The lowest BCUT2D eigenvalue weighted by atomic mass is 9.95. The molecule has 0 saturated heterocycles. The number of aliphatic carboxylic acids is 1. The molecule has 0 heterocycles. The van der Waals surface area contributed by atoms with Gasteiger partial charge in [-0.2, -0.15) is 0 Å². The second-order valence-electron chi connectivity index (χ2n) is 5.65. The highest BCUT2D eigenvalue weighted by molar-refractivity contribution is 5.78. The zero-order valence-electron chi connectivity index (χ0n) is 13.5. The van der Waals surface area contributed by atoms with E-state index in [1.165, 1.54) is 25.7 Å². The van der Waals surface area contributed by atoms with E-state index in [0.717, 1.165) is 32.5 Å².